The van der Waals surface area contributed by atoms with Crippen LogP contribution in [0.15, 0.2) is 40.5 Å². The van der Waals surface area contributed by atoms with E-state index in [9.17, 15) is 9.18 Å². The van der Waals surface area contributed by atoms with Crippen LogP contribution in [0.3, 0.4) is 0 Å². The van der Waals surface area contributed by atoms with E-state index < -0.39 is 17.0 Å². The van der Waals surface area contributed by atoms with Crippen molar-refractivity contribution in [1.29, 1.82) is 0 Å². The summed E-state index contributed by atoms with van der Waals surface area (Å²) in [5.74, 6) is -0.669. The number of thioether (sulfide) groups is 1. The highest BCUT2D eigenvalue weighted by Gasteiger charge is 2.19. The summed E-state index contributed by atoms with van der Waals surface area (Å²) in [4.78, 5) is 16.0. The van der Waals surface area contributed by atoms with Crippen LogP contribution in [0.2, 0.25) is 5.02 Å². The summed E-state index contributed by atoms with van der Waals surface area (Å²) in [7, 11) is 0. The molecule has 3 aromatic rings. The first kappa shape index (κ1) is 17.4. The lowest BCUT2D eigenvalue weighted by molar-refractivity contribution is -0.115. The molecule has 1 amide bonds. The maximum absolute atomic E-state index is 13.7. The van der Waals surface area contributed by atoms with E-state index >= 15 is 0 Å². The standard InChI is InChI=1S/C14H12ClFN6O2S/c1-8(13(23)19-11-3-2-9(15)4-10(11)16)25-14-21-20-12(24-14)5-22-7-17-6-18-22/h2-4,6-8H,5H2,1H3,(H,19,23). The Kier molecular flexibility index (Phi) is 5.29. The van der Waals surface area contributed by atoms with E-state index in [4.69, 9.17) is 16.0 Å². The number of nitrogens with one attached hydrogen (secondary N) is 1. The number of halogens is 2. The van der Waals surface area contributed by atoms with Crippen LogP contribution in [0.1, 0.15) is 12.8 Å². The highest BCUT2D eigenvalue weighted by molar-refractivity contribution is 8.00. The summed E-state index contributed by atoms with van der Waals surface area (Å²) in [6, 6.07) is 4.02. The van der Waals surface area contributed by atoms with Gasteiger partial charge in [0.2, 0.25) is 11.8 Å². The minimum Gasteiger partial charge on any atom is -0.414 e. The third-order valence-electron chi connectivity index (χ3n) is 3.05. The van der Waals surface area contributed by atoms with Crippen molar-refractivity contribution in [2.24, 2.45) is 0 Å². The fourth-order valence-corrected chi connectivity index (χ4v) is 2.69. The van der Waals surface area contributed by atoms with Crippen molar-refractivity contribution in [3.63, 3.8) is 0 Å². The number of nitrogens with zero attached hydrogens (tertiary/aromatic N) is 5. The first-order valence-corrected chi connectivity index (χ1v) is 8.34. The van der Waals surface area contributed by atoms with Crippen molar-refractivity contribution in [2.75, 3.05) is 5.32 Å². The van der Waals surface area contributed by atoms with Gasteiger partial charge in [-0.25, -0.2) is 14.1 Å². The second-order valence-electron chi connectivity index (χ2n) is 4.93. The Morgan fingerprint density at radius 2 is 2.32 bits per heavy atom. The zero-order valence-electron chi connectivity index (χ0n) is 12.9. The summed E-state index contributed by atoms with van der Waals surface area (Å²) < 4.78 is 20.7. The van der Waals surface area contributed by atoms with Gasteiger partial charge in [-0.3, -0.25) is 4.79 Å². The van der Waals surface area contributed by atoms with Gasteiger partial charge in [-0.1, -0.05) is 23.4 Å². The number of carbonyl (C=O) groups excluding carboxylic acids is 1. The van der Waals surface area contributed by atoms with Crippen LogP contribution in [0, 0.1) is 5.82 Å². The summed E-state index contributed by atoms with van der Waals surface area (Å²) in [6.07, 6.45) is 2.92. The molecule has 0 bridgehead atoms. The third-order valence-corrected chi connectivity index (χ3v) is 4.22. The molecule has 1 aromatic carbocycles. The lowest BCUT2D eigenvalue weighted by atomic mass is 10.3. The molecule has 130 valence electrons. The summed E-state index contributed by atoms with van der Waals surface area (Å²) >= 11 is 6.75. The lowest BCUT2D eigenvalue weighted by Gasteiger charge is -2.10. The molecule has 1 N–H and O–H groups in total. The Labute approximate surface area is 150 Å². The van der Waals surface area contributed by atoms with Gasteiger partial charge < -0.3 is 9.73 Å². The molecule has 25 heavy (non-hydrogen) atoms. The first-order chi connectivity index (χ1) is 12.0. The maximum atomic E-state index is 13.7. The molecule has 0 saturated heterocycles. The number of benzene rings is 1. The Morgan fingerprint density at radius 1 is 1.48 bits per heavy atom. The molecule has 2 heterocycles. The van der Waals surface area contributed by atoms with Crippen LogP contribution >= 0.6 is 23.4 Å². The van der Waals surface area contributed by atoms with E-state index in [1.165, 1.54) is 29.5 Å². The number of hydrogen-bond acceptors (Lipinski definition) is 7. The fourth-order valence-electron chi connectivity index (χ4n) is 1.83. The average Bonchev–Trinajstić information content (AvgIpc) is 3.22. The molecule has 1 atom stereocenters. The fraction of sp³-hybridized carbons (Fsp3) is 0.214. The van der Waals surface area contributed by atoms with E-state index in [1.807, 2.05) is 0 Å². The van der Waals surface area contributed by atoms with Gasteiger partial charge in [-0.2, -0.15) is 5.10 Å². The van der Waals surface area contributed by atoms with Gasteiger partial charge in [0.1, 0.15) is 25.0 Å². The molecule has 0 saturated carbocycles. The predicted molar refractivity (Wildman–Crippen MR) is 88.8 cm³/mol. The molecule has 3 rings (SSSR count). The van der Waals surface area contributed by atoms with E-state index in [2.05, 4.69) is 25.6 Å². The molecule has 0 aliphatic carbocycles. The number of carbonyl (C=O) groups is 1. The van der Waals surface area contributed by atoms with Crippen molar-refractivity contribution in [1.82, 2.24) is 25.0 Å². The highest BCUT2D eigenvalue weighted by Crippen LogP contribution is 2.24. The second kappa shape index (κ2) is 7.62. The molecule has 0 spiro atoms. The van der Waals surface area contributed by atoms with Gasteiger partial charge >= 0.3 is 0 Å². The van der Waals surface area contributed by atoms with Gasteiger partial charge in [-0.05, 0) is 25.1 Å². The van der Waals surface area contributed by atoms with Crippen molar-refractivity contribution in [3.8, 4) is 0 Å². The maximum Gasteiger partial charge on any atom is 0.277 e. The minimum absolute atomic E-state index is 0.0549. The van der Waals surface area contributed by atoms with Crippen molar-refractivity contribution in [2.45, 2.75) is 23.9 Å². The quantitative estimate of drug-likeness (QED) is 0.654. The molecule has 1 unspecified atom stereocenters. The third kappa shape index (κ3) is 4.54. The number of anilines is 1. The SMILES string of the molecule is CC(Sc1nnc(Cn2cncn2)o1)C(=O)Nc1ccc(Cl)cc1F. The monoisotopic (exact) mass is 382 g/mol. The largest absolute Gasteiger partial charge is 0.414 e. The molecule has 11 heteroatoms. The number of aromatic nitrogens is 5. The topological polar surface area (TPSA) is 98.7 Å². The number of rotatable bonds is 6. The van der Waals surface area contributed by atoms with Gasteiger partial charge in [0.25, 0.3) is 5.22 Å². The molecule has 0 fully saturated rings. The molecular formula is C14H12ClFN6O2S. The number of amides is 1. The highest BCUT2D eigenvalue weighted by atomic mass is 35.5. The minimum atomic E-state index is -0.606. The van der Waals surface area contributed by atoms with Crippen LogP contribution in [-0.4, -0.2) is 36.1 Å². The van der Waals surface area contributed by atoms with Gasteiger partial charge in [0.15, 0.2) is 0 Å². The summed E-state index contributed by atoms with van der Waals surface area (Å²) in [5, 5.41) is 14.1. The normalized spacial score (nSPS) is 12.1. The summed E-state index contributed by atoms with van der Waals surface area (Å²) in [6.45, 7) is 1.93. The van der Waals surface area contributed by atoms with E-state index in [1.54, 1.807) is 6.92 Å². The lowest BCUT2D eigenvalue weighted by Crippen LogP contribution is -2.23. The Hall–Kier alpha value is -2.46. The van der Waals surface area contributed by atoms with Crippen LogP contribution in [0.4, 0.5) is 10.1 Å². The van der Waals surface area contributed by atoms with Crippen molar-refractivity contribution >= 4 is 35.0 Å². The van der Waals surface area contributed by atoms with Gasteiger partial charge in [0, 0.05) is 5.02 Å². The van der Waals surface area contributed by atoms with Crippen LogP contribution in [0.5, 0.6) is 0 Å². The van der Waals surface area contributed by atoms with Crippen molar-refractivity contribution in [3.05, 3.63) is 47.6 Å². The Morgan fingerprint density at radius 3 is 3.04 bits per heavy atom. The van der Waals surface area contributed by atoms with E-state index in [-0.39, 0.29) is 22.5 Å². The smallest absolute Gasteiger partial charge is 0.277 e. The molecule has 0 aliphatic heterocycles. The van der Waals surface area contributed by atoms with Crippen LogP contribution in [-0.2, 0) is 11.3 Å². The average molecular weight is 383 g/mol. The van der Waals surface area contributed by atoms with Crippen molar-refractivity contribution < 1.29 is 13.6 Å². The molecule has 2 aromatic heterocycles. The molecule has 0 aliphatic rings. The van der Waals surface area contributed by atoms with Crippen LogP contribution in [0.25, 0.3) is 0 Å². The first-order valence-electron chi connectivity index (χ1n) is 7.08. The second-order valence-corrected chi connectivity index (χ2v) is 6.66. The zero-order valence-corrected chi connectivity index (χ0v) is 14.5. The Bertz CT molecular complexity index is 872. The molecule has 8 nitrogen and oxygen atoms in total. The van der Waals surface area contributed by atoms with Gasteiger partial charge in [0.05, 0.1) is 10.9 Å². The van der Waals surface area contributed by atoms with Crippen LogP contribution < -0.4 is 5.32 Å². The predicted octanol–water partition coefficient (Wildman–Crippen LogP) is 2.62. The van der Waals surface area contributed by atoms with Gasteiger partial charge in [-0.15, -0.1) is 10.2 Å². The van der Waals surface area contributed by atoms with E-state index in [0.29, 0.717) is 5.89 Å². The zero-order chi connectivity index (χ0) is 17.8. The summed E-state index contributed by atoms with van der Waals surface area (Å²) in [5.41, 5.74) is 0.0549. The molecule has 0 radical (unpaired) electrons. The molecular weight excluding hydrogens is 371 g/mol. The number of hydrogen-bond donors (Lipinski definition) is 1. The van der Waals surface area contributed by atoms with E-state index in [0.717, 1.165) is 17.8 Å². The Balaban J connectivity index is 1.58.